The van der Waals surface area contributed by atoms with Crippen LogP contribution in [0, 0.1) is 0 Å². The van der Waals surface area contributed by atoms with Gasteiger partial charge < -0.3 is 0 Å². The van der Waals surface area contributed by atoms with Gasteiger partial charge in [-0.1, -0.05) is 30.0 Å². The lowest BCUT2D eigenvalue weighted by Crippen LogP contribution is -2.03. The fourth-order valence-corrected chi connectivity index (χ4v) is 3.87. The molecule has 0 spiro atoms. The first-order valence-electron chi connectivity index (χ1n) is 5.87. The normalized spacial score (nSPS) is 17.2. The van der Waals surface area contributed by atoms with E-state index in [0.29, 0.717) is 5.28 Å². The summed E-state index contributed by atoms with van der Waals surface area (Å²) in [6.45, 7) is 0. The molecule has 2 heterocycles. The van der Waals surface area contributed by atoms with Crippen molar-refractivity contribution in [2.24, 2.45) is 0 Å². The third kappa shape index (κ3) is 1.44. The van der Waals surface area contributed by atoms with Crippen LogP contribution < -0.4 is 0 Å². The minimum absolute atomic E-state index is 0.336. The van der Waals surface area contributed by atoms with Crippen molar-refractivity contribution in [3.63, 3.8) is 0 Å². The summed E-state index contributed by atoms with van der Waals surface area (Å²) in [6.07, 6.45) is 6.53. The molecule has 2 aliphatic rings. The predicted molar refractivity (Wildman–Crippen MR) is 75.7 cm³/mol. The molecule has 0 fully saturated rings. The Bertz CT molecular complexity index is 734. The lowest BCUT2D eigenvalue weighted by molar-refractivity contribution is 1.03. The third-order valence-corrected chi connectivity index (χ3v) is 4.62. The first kappa shape index (κ1) is 10.6. The summed E-state index contributed by atoms with van der Waals surface area (Å²) < 4.78 is 0. The van der Waals surface area contributed by atoms with E-state index < -0.39 is 0 Å². The molecule has 0 radical (unpaired) electrons. The van der Waals surface area contributed by atoms with Gasteiger partial charge in [0.05, 0.1) is 11.2 Å². The Balaban J connectivity index is 2.14. The summed E-state index contributed by atoms with van der Waals surface area (Å²) in [5.41, 5.74) is 3.28. The molecule has 0 atom stereocenters. The van der Waals surface area contributed by atoms with Crippen molar-refractivity contribution in [2.75, 3.05) is 0 Å². The van der Waals surface area contributed by atoms with Crippen LogP contribution in [0.15, 0.2) is 40.2 Å². The lowest BCUT2D eigenvalue weighted by atomic mass is 9.98. The molecule has 1 aromatic heterocycles. The van der Waals surface area contributed by atoms with Gasteiger partial charge in [-0.3, -0.25) is 0 Å². The van der Waals surface area contributed by atoms with E-state index in [4.69, 9.17) is 11.6 Å². The minimum atomic E-state index is 0.336. The van der Waals surface area contributed by atoms with Gasteiger partial charge in [-0.15, -0.1) is 0 Å². The van der Waals surface area contributed by atoms with E-state index in [1.807, 2.05) is 23.9 Å². The second kappa shape index (κ2) is 3.84. The fourth-order valence-electron chi connectivity index (χ4n) is 2.52. The zero-order valence-electron chi connectivity index (χ0n) is 9.48. The highest BCUT2D eigenvalue weighted by atomic mass is 35.5. The van der Waals surface area contributed by atoms with Crippen molar-refractivity contribution in [2.45, 2.75) is 17.7 Å². The monoisotopic (exact) mass is 272 g/mol. The number of rotatable bonds is 0. The van der Waals surface area contributed by atoms with E-state index in [1.165, 1.54) is 15.4 Å². The number of nitrogens with zero attached hydrogens (tertiary/aromatic N) is 2. The van der Waals surface area contributed by atoms with Crippen LogP contribution in [-0.2, 0) is 0 Å². The van der Waals surface area contributed by atoms with Gasteiger partial charge >= 0.3 is 0 Å². The second-order valence-electron chi connectivity index (χ2n) is 4.38. The van der Waals surface area contributed by atoms with Gasteiger partial charge in [0.25, 0.3) is 0 Å². The Morgan fingerprint density at radius 2 is 2.17 bits per heavy atom. The largest absolute Gasteiger partial charge is 0.223 e. The van der Waals surface area contributed by atoms with Crippen LogP contribution in [0.2, 0.25) is 5.28 Å². The van der Waals surface area contributed by atoms with E-state index in [-0.39, 0.29) is 0 Å². The van der Waals surface area contributed by atoms with Gasteiger partial charge in [-0.05, 0) is 42.1 Å². The highest BCUT2D eigenvalue weighted by Gasteiger charge is 2.23. The zero-order valence-corrected chi connectivity index (χ0v) is 11.1. The third-order valence-electron chi connectivity index (χ3n) is 3.29. The lowest BCUT2D eigenvalue weighted by Gasteiger charge is -2.22. The molecule has 1 aliphatic heterocycles. The van der Waals surface area contributed by atoms with Crippen LogP contribution in [0.1, 0.15) is 18.5 Å². The molecule has 1 aromatic carbocycles. The molecule has 0 amide bonds. The fraction of sp³-hybridized carbons (Fsp3) is 0.143. The molecule has 4 heteroatoms. The molecule has 0 unspecified atom stereocenters. The number of hydrogen-bond acceptors (Lipinski definition) is 3. The number of hydrogen-bond donors (Lipinski definition) is 0. The first-order chi connectivity index (χ1) is 8.83. The van der Waals surface area contributed by atoms with Crippen molar-refractivity contribution >= 4 is 39.8 Å². The van der Waals surface area contributed by atoms with Crippen molar-refractivity contribution in [3.05, 3.63) is 46.2 Å². The topological polar surface area (TPSA) is 25.8 Å². The predicted octanol–water partition coefficient (Wildman–Crippen LogP) is 4.45. The van der Waals surface area contributed by atoms with E-state index >= 15 is 0 Å². The molecular weight excluding hydrogens is 264 g/mol. The van der Waals surface area contributed by atoms with Crippen LogP contribution in [0.4, 0.5) is 0 Å². The molecule has 88 valence electrons. The minimum Gasteiger partial charge on any atom is -0.218 e. The number of thioether (sulfide) groups is 1. The van der Waals surface area contributed by atoms with E-state index in [2.05, 4.69) is 28.2 Å². The van der Waals surface area contributed by atoms with Crippen LogP contribution in [0.5, 0.6) is 0 Å². The van der Waals surface area contributed by atoms with Crippen LogP contribution in [0.3, 0.4) is 0 Å². The number of benzene rings is 1. The highest BCUT2D eigenvalue weighted by Crippen LogP contribution is 2.47. The SMILES string of the molecule is Clc1nc2c3c(cccc3n1)SC1=C2CCC=C1. The quantitative estimate of drug-likeness (QED) is 0.663. The maximum atomic E-state index is 6.04. The molecule has 2 aromatic rings. The number of fused-ring (bicyclic) bond motifs is 1. The van der Waals surface area contributed by atoms with E-state index in [9.17, 15) is 0 Å². The molecule has 4 rings (SSSR count). The maximum Gasteiger partial charge on any atom is 0.223 e. The molecule has 18 heavy (non-hydrogen) atoms. The second-order valence-corrected chi connectivity index (χ2v) is 5.80. The van der Waals surface area contributed by atoms with Crippen LogP contribution in [0.25, 0.3) is 16.5 Å². The molecular formula is C14H9ClN2S. The van der Waals surface area contributed by atoms with Crippen molar-refractivity contribution in [3.8, 4) is 0 Å². The Labute approximate surface area is 114 Å². The molecule has 1 aliphatic carbocycles. The first-order valence-corrected chi connectivity index (χ1v) is 7.06. The molecule has 0 N–H and O–H groups in total. The maximum absolute atomic E-state index is 6.04. The zero-order chi connectivity index (χ0) is 12.1. The Morgan fingerprint density at radius 1 is 1.22 bits per heavy atom. The Morgan fingerprint density at radius 3 is 3.11 bits per heavy atom. The summed E-state index contributed by atoms with van der Waals surface area (Å²) in [5, 5.41) is 1.49. The van der Waals surface area contributed by atoms with Crippen molar-refractivity contribution in [1.82, 2.24) is 9.97 Å². The standard InChI is InChI=1S/C14H9ClN2S/c15-14-16-9-5-3-7-11-12(9)13(17-14)8-4-1-2-6-10(8)18-11/h2-3,5-7H,1,4H2. The summed E-state index contributed by atoms with van der Waals surface area (Å²) in [6, 6.07) is 6.15. The number of halogens is 1. The number of aromatic nitrogens is 2. The smallest absolute Gasteiger partial charge is 0.218 e. The van der Waals surface area contributed by atoms with Gasteiger partial charge in [0.15, 0.2) is 0 Å². The van der Waals surface area contributed by atoms with Gasteiger partial charge in [0, 0.05) is 15.2 Å². The van der Waals surface area contributed by atoms with E-state index in [1.54, 1.807) is 0 Å². The van der Waals surface area contributed by atoms with Gasteiger partial charge in [0.1, 0.15) is 0 Å². The van der Waals surface area contributed by atoms with Crippen LogP contribution in [-0.4, -0.2) is 9.97 Å². The van der Waals surface area contributed by atoms with E-state index in [0.717, 1.165) is 29.4 Å². The molecule has 0 saturated heterocycles. The number of allylic oxidation sites excluding steroid dienone is 3. The Kier molecular flexibility index (Phi) is 2.26. The van der Waals surface area contributed by atoms with Crippen molar-refractivity contribution < 1.29 is 0 Å². The molecule has 2 nitrogen and oxygen atoms in total. The highest BCUT2D eigenvalue weighted by molar-refractivity contribution is 8.03. The summed E-state index contributed by atoms with van der Waals surface area (Å²) >= 11 is 7.85. The Hall–Kier alpha value is -1.32. The summed E-state index contributed by atoms with van der Waals surface area (Å²) in [7, 11) is 0. The van der Waals surface area contributed by atoms with Gasteiger partial charge in [-0.2, -0.15) is 0 Å². The summed E-state index contributed by atoms with van der Waals surface area (Å²) in [4.78, 5) is 11.3. The van der Waals surface area contributed by atoms with Crippen molar-refractivity contribution in [1.29, 1.82) is 0 Å². The average molecular weight is 273 g/mol. The van der Waals surface area contributed by atoms with Crippen LogP contribution >= 0.6 is 23.4 Å². The summed E-state index contributed by atoms with van der Waals surface area (Å²) in [5.74, 6) is 0. The van der Waals surface area contributed by atoms with Gasteiger partial charge in [-0.25, -0.2) is 9.97 Å². The molecule has 0 saturated carbocycles. The van der Waals surface area contributed by atoms with Gasteiger partial charge in [0.2, 0.25) is 5.28 Å². The average Bonchev–Trinajstić information content (AvgIpc) is 2.38. The molecule has 0 bridgehead atoms.